The molecule has 0 aliphatic heterocycles. The van der Waals surface area contributed by atoms with Crippen molar-refractivity contribution in [1.82, 2.24) is 9.97 Å². The highest BCUT2D eigenvalue weighted by Crippen LogP contribution is 2.33. The molecular weight excluding hydrogens is 316 g/mol. The van der Waals surface area contributed by atoms with Crippen molar-refractivity contribution in [2.24, 2.45) is 0 Å². The van der Waals surface area contributed by atoms with Gasteiger partial charge < -0.3 is 10.6 Å². The minimum Gasteiger partial charge on any atom is -0.373 e. The fourth-order valence-electron chi connectivity index (χ4n) is 2.11. The van der Waals surface area contributed by atoms with Gasteiger partial charge in [0.2, 0.25) is 0 Å². The van der Waals surface area contributed by atoms with Crippen molar-refractivity contribution in [3.63, 3.8) is 0 Å². The molecule has 0 bridgehead atoms. The molecule has 0 radical (unpaired) electrons. The van der Waals surface area contributed by atoms with E-state index in [1.165, 1.54) is 5.56 Å². The molecule has 2 N–H and O–H groups in total. The van der Waals surface area contributed by atoms with E-state index in [1.807, 2.05) is 19.2 Å². The number of hydrogen-bond acceptors (Lipinski definition) is 4. The maximum Gasteiger partial charge on any atom is 0.139 e. The topological polar surface area (TPSA) is 49.8 Å². The van der Waals surface area contributed by atoms with Gasteiger partial charge in [0.1, 0.15) is 18.0 Å². The van der Waals surface area contributed by atoms with E-state index in [0.717, 1.165) is 27.4 Å². The molecule has 1 aromatic carbocycles. The van der Waals surface area contributed by atoms with Crippen LogP contribution >= 0.6 is 15.9 Å². The number of hydrogen-bond donors (Lipinski definition) is 2. The zero-order valence-corrected chi connectivity index (χ0v) is 13.7. The predicted octanol–water partition coefficient (Wildman–Crippen LogP) is 4.46. The molecule has 0 amide bonds. The zero-order chi connectivity index (χ0) is 14.7. The van der Waals surface area contributed by atoms with Crippen LogP contribution in [0, 0.1) is 6.92 Å². The Morgan fingerprint density at radius 1 is 1.15 bits per heavy atom. The largest absolute Gasteiger partial charge is 0.373 e. The van der Waals surface area contributed by atoms with Crippen LogP contribution in [0.3, 0.4) is 0 Å². The average molecular weight is 335 g/mol. The Hall–Kier alpha value is -1.62. The third kappa shape index (κ3) is 2.93. The summed E-state index contributed by atoms with van der Waals surface area (Å²) in [6.07, 6.45) is 1.57. The van der Waals surface area contributed by atoms with Crippen molar-refractivity contribution < 1.29 is 0 Å². The third-order valence-electron chi connectivity index (χ3n) is 3.14. The van der Waals surface area contributed by atoms with Gasteiger partial charge in [0.05, 0.1) is 5.69 Å². The van der Waals surface area contributed by atoms with E-state index in [9.17, 15) is 0 Å². The van der Waals surface area contributed by atoms with E-state index < -0.39 is 0 Å². The maximum atomic E-state index is 4.39. The van der Waals surface area contributed by atoms with E-state index in [0.29, 0.717) is 5.92 Å². The van der Waals surface area contributed by atoms with Crippen LogP contribution in [0.4, 0.5) is 17.3 Å². The van der Waals surface area contributed by atoms with Crippen molar-refractivity contribution >= 4 is 33.3 Å². The number of nitrogens with zero attached hydrogens (tertiary/aromatic N) is 2. The van der Waals surface area contributed by atoms with Crippen LogP contribution in [0.15, 0.2) is 29.0 Å². The monoisotopic (exact) mass is 334 g/mol. The van der Waals surface area contributed by atoms with Crippen molar-refractivity contribution in [3.05, 3.63) is 40.1 Å². The van der Waals surface area contributed by atoms with Crippen molar-refractivity contribution in [3.8, 4) is 0 Å². The second kappa shape index (κ2) is 6.22. The fraction of sp³-hybridized carbons (Fsp3) is 0.333. The summed E-state index contributed by atoms with van der Waals surface area (Å²) in [6.45, 7) is 6.34. The van der Waals surface area contributed by atoms with Gasteiger partial charge in [-0.05, 0) is 40.4 Å². The summed E-state index contributed by atoms with van der Waals surface area (Å²) in [7, 11) is 1.88. The molecule has 4 nitrogen and oxygen atoms in total. The van der Waals surface area contributed by atoms with Crippen molar-refractivity contribution in [1.29, 1.82) is 0 Å². The minimum absolute atomic E-state index is 0.324. The molecule has 5 heteroatoms. The lowest BCUT2D eigenvalue weighted by atomic mass is 10.0. The second-order valence-electron chi connectivity index (χ2n) is 4.95. The standard InChI is InChI=1S/C15H19BrN4/c1-9(2)12-14(17-4)18-8-19-15(12)20-11-7-5-6-10(3)13(11)16/h5-9H,1-4H3,(H2,17,18,19,20). The van der Waals surface area contributed by atoms with Crippen LogP contribution in [0.25, 0.3) is 0 Å². The number of aryl methyl sites for hydroxylation is 1. The minimum atomic E-state index is 0.324. The normalized spacial score (nSPS) is 10.7. The molecule has 2 rings (SSSR count). The Kier molecular flexibility index (Phi) is 4.60. The van der Waals surface area contributed by atoms with E-state index >= 15 is 0 Å². The molecule has 0 unspecified atom stereocenters. The third-order valence-corrected chi connectivity index (χ3v) is 4.20. The number of anilines is 3. The van der Waals surface area contributed by atoms with Gasteiger partial charge in [-0.2, -0.15) is 0 Å². The van der Waals surface area contributed by atoms with E-state index in [4.69, 9.17) is 0 Å². The van der Waals surface area contributed by atoms with Crippen LogP contribution in [0.2, 0.25) is 0 Å². The van der Waals surface area contributed by atoms with Crippen molar-refractivity contribution in [2.75, 3.05) is 17.7 Å². The molecule has 20 heavy (non-hydrogen) atoms. The molecule has 0 saturated carbocycles. The van der Waals surface area contributed by atoms with E-state index in [1.54, 1.807) is 6.33 Å². The summed E-state index contributed by atoms with van der Waals surface area (Å²) in [5, 5.41) is 6.53. The van der Waals surface area contributed by atoms with Crippen LogP contribution < -0.4 is 10.6 Å². The molecular formula is C15H19BrN4. The first-order valence-electron chi connectivity index (χ1n) is 6.59. The number of rotatable bonds is 4. The quantitative estimate of drug-likeness (QED) is 0.866. The number of nitrogens with one attached hydrogen (secondary N) is 2. The molecule has 2 aromatic rings. The lowest BCUT2D eigenvalue weighted by molar-refractivity contribution is 0.852. The highest BCUT2D eigenvalue weighted by Gasteiger charge is 2.15. The number of halogens is 1. The number of aromatic nitrogens is 2. The lowest BCUT2D eigenvalue weighted by Gasteiger charge is -2.17. The Morgan fingerprint density at radius 3 is 2.50 bits per heavy atom. The SMILES string of the molecule is CNc1ncnc(Nc2cccc(C)c2Br)c1C(C)C. The van der Waals surface area contributed by atoms with Crippen LogP contribution in [-0.2, 0) is 0 Å². The number of benzene rings is 1. The molecule has 0 fully saturated rings. The van der Waals surface area contributed by atoms with Gasteiger partial charge in [-0.3, -0.25) is 0 Å². The highest BCUT2D eigenvalue weighted by molar-refractivity contribution is 9.10. The van der Waals surface area contributed by atoms with Gasteiger partial charge in [-0.15, -0.1) is 0 Å². The van der Waals surface area contributed by atoms with E-state index in [2.05, 4.69) is 63.4 Å². The predicted molar refractivity (Wildman–Crippen MR) is 87.8 cm³/mol. The molecule has 0 aliphatic carbocycles. The maximum absolute atomic E-state index is 4.39. The van der Waals surface area contributed by atoms with Gasteiger partial charge >= 0.3 is 0 Å². The van der Waals surface area contributed by atoms with Gasteiger partial charge in [0, 0.05) is 17.1 Å². The smallest absolute Gasteiger partial charge is 0.139 e. The van der Waals surface area contributed by atoms with E-state index in [-0.39, 0.29) is 0 Å². The van der Waals surface area contributed by atoms with Gasteiger partial charge in [-0.1, -0.05) is 26.0 Å². The summed E-state index contributed by atoms with van der Waals surface area (Å²) >= 11 is 3.61. The van der Waals surface area contributed by atoms with Crippen LogP contribution in [0.1, 0.15) is 30.9 Å². The summed E-state index contributed by atoms with van der Waals surface area (Å²) in [4.78, 5) is 8.68. The summed E-state index contributed by atoms with van der Waals surface area (Å²) in [5.41, 5.74) is 3.28. The summed E-state index contributed by atoms with van der Waals surface area (Å²) in [5.74, 6) is 2.02. The zero-order valence-electron chi connectivity index (χ0n) is 12.2. The molecule has 106 valence electrons. The first kappa shape index (κ1) is 14.8. The van der Waals surface area contributed by atoms with Gasteiger partial charge in [0.15, 0.2) is 0 Å². The Bertz CT molecular complexity index is 611. The molecule has 0 saturated heterocycles. The fourth-order valence-corrected chi connectivity index (χ4v) is 2.48. The Morgan fingerprint density at radius 2 is 1.85 bits per heavy atom. The van der Waals surface area contributed by atoms with Crippen LogP contribution in [0.5, 0.6) is 0 Å². The molecule has 1 aromatic heterocycles. The highest BCUT2D eigenvalue weighted by atomic mass is 79.9. The molecule has 1 heterocycles. The second-order valence-corrected chi connectivity index (χ2v) is 5.74. The summed E-state index contributed by atoms with van der Waals surface area (Å²) in [6, 6.07) is 6.12. The summed E-state index contributed by atoms with van der Waals surface area (Å²) < 4.78 is 1.05. The van der Waals surface area contributed by atoms with Crippen LogP contribution in [-0.4, -0.2) is 17.0 Å². The first-order chi connectivity index (χ1) is 9.54. The molecule has 0 spiro atoms. The van der Waals surface area contributed by atoms with Gasteiger partial charge in [-0.25, -0.2) is 9.97 Å². The molecule has 0 atom stereocenters. The Balaban J connectivity index is 2.46. The van der Waals surface area contributed by atoms with Crippen molar-refractivity contribution in [2.45, 2.75) is 26.7 Å². The average Bonchev–Trinajstić information content (AvgIpc) is 2.43. The first-order valence-corrected chi connectivity index (χ1v) is 7.38. The Labute approximate surface area is 128 Å². The lowest BCUT2D eigenvalue weighted by Crippen LogP contribution is -2.07. The van der Waals surface area contributed by atoms with Gasteiger partial charge in [0.25, 0.3) is 0 Å². The molecule has 0 aliphatic rings.